The number of rotatable bonds is 2. The zero-order valence-corrected chi connectivity index (χ0v) is 24.4. The molecular formula is C28H23Br2N3O2S. The summed E-state index contributed by atoms with van der Waals surface area (Å²) >= 11 is 8.35. The number of likely N-dealkylation sites (N-methyl/N-ethyl adjacent to an activating group) is 1. The Kier molecular flexibility index (Phi) is 6.47. The Bertz CT molecular complexity index is 1540. The van der Waals surface area contributed by atoms with Crippen molar-refractivity contribution in [3.8, 4) is 0 Å². The first-order chi connectivity index (χ1) is 17.1. The number of hydrogen-bond acceptors (Lipinski definition) is 4. The minimum Gasteiger partial charge on any atom is -0.310 e. The Morgan fingerprint density at radius 1 is 0.806 bits per heavy atom. The summed E-state index contributed by atoms with van der Waals surface area (Å²) in [4.78, 5) is 35.9. The van der Waals surface area contributed by atoms with E-state index in [1.165, 1.54) is 17.3 Å². The van der Waals surface area contributed by atoms with Gasteiger partial charge in [-0.1, -0.05) is 28.1 Å². The van der Waals surface area contributed by atoms with E-state index < -0.39 is 0 Å². The van der Waals surface area contributed by atoms with Crippen LogP contribution < -0.4 is 9.80 Å². The summed E-state index contributed by atoms with van der Waals surface area (Å²) in [5, 5.41) is 0.520. The normalized spacial score (nSPS) is 18.6. The first-order valence-electron chi connectivity index (χ1n) is 11.3. The van der Waals surface area contributed by atoms with Crippen molar-refractivity contribution >= 4 is 83.2 Å². The fourth-order valence-electron chi connectivity index (χ4n) is 4.30. The number of thioether (sulfide) groups is 1. The summed E-state index contributed by atoms with van der Waals surface area (Å²) < 4.78 is 1.60. The quantitative estimate of drug-likeness (QED) is 0.276. The third kappa shape index (κ3) is 4.15. The van der Waals surface area contributed by atoms with Crippen molar-refractivity contribution < 1.29 is 9.59 Å². The van der Waals surface area contributed by atoms with Gasteiger partial charge in [0.1, 0.15) is 0 Å². The number of aryl methyl sites for hydroxylation is 4. The van der Waals surface area contributed by atoms with Crippen LogP contribution in [0.15, 0.2) is 67.4 Å². The SMILES string of the molecule is Cc1ccc(N=C2S/C(=C3/C(=O)N(C)c4c(Br)cc(Br)cc43)C(=O)N2c2ccc(C)c(C)c2)cc1C. The van der Waals surface area contributed by atoms with Crippen molar-refractivity contribution in [1.29, 1.82) is 0 Å². The van der Waals surface area contributed by atoms with Crippen molar-refractivity contribution in [2.24, 2.45) is 4.99 Å². The van der Waals surface area contributed by atoms with E-state index in [0.717, 1.165) is 42.7 Å². The predicted molar refractivity (Wildman–Crippen MR) is 156 cm³/mol. The van der Waals surface area contributed by atoms with Crippen LogP contribution in [0.25, 0.3) is 5.57 Å². The van der Waals surface area contributed by atoms with Gasteiger partial charge in [0.25, 0.3) is 11.8 Å². The van der Waals surface area contributed by atoms with Crippen LogP contribution in [0.5, 0.6) is 0 Å². The molecule has 1 fully saturated rings. The lowest BCUT2D eigenvalue weighted by Gasteiger charge is -2.17. The van der Waals surface area contributed by atoms with Crippen LogP contribution in [0.4, 0.5) is 17.1 Å². The summed E-state index contributed by atoms with van der Waals surface area (Å²) in [5.74, 6) is -0.473. The monoisotopic (exact) mass is 623 g/mol. The van der Waals surface area contributed by atoms with Crippen LogP contribution >= 0.6 is 43.6 Å². The fraction of sp³-hybridized carbons (Fsp3) is 0.179. The molecule has 0 aromatic heterocycles. The number of aliphatic imine (C=N–C) groups is 1. The third-order valence-corrected chi connectivity index (χ3v) is 8.73. The van der Waals surface area contributed by atoms with Crippen molar-refractivity contribution in [3.05, 3.63) is 90.2 Å². The molecule has 2 amide bonds. The van der Waals surface area contributed by atoms with Crippen molar-refractivity contribution in [2.45, 2.75) is 27.7 Å². The van der Waals surface area contributed by atoms with Gasteiger partial charge in [-0.3, -0.25) is 14.5 Å². The van der Waals surface area contributed by atoms with Gasteiger partial charge in [0.2, 0.25) is 0 Å². The molecule has 0 N–H and O–H groups in total. The largest absolute Gasteiger partial charge is 0.310 e. The lowest BCUT2D eigenvalue weighted by Crippen LogP contribution is -2.29. The Morgan fingerprint density at radius 3 is 2.14 bits per heavy atom. The fourth-order valence-corrected chi connectivity index (χ4v) is 6.88. The maximum absolute atomic E-state index is 14.0. The van der Waals surface area contributed by atoms with Crippen LogP contribution in [-0.4, -0.2) is 24.0 Å². The van der Waals surface area contributed by atoms with E-state index in [0.29, 0.717) is 21.2 Å². The summed E-state index contributed by atoms with van der Waals surface area (Å²) in [5.41, 5.74) is 7.85. The molecule has 2 aliphatic heterocycles. The zero-order valence-electron chi connectivity index (χ0n) is 20.4. The molecule has 2 heterocycles. The Hall–Kier alpha value is -2.68. The zero-order chi connectivity index (χ0) is 25.9. The molecule has 5 rings (SSSR count). The van der Waals surface area contributed by atoms with E-state index >= 15 is 0 Å². The van der Waals surface area contributed by atoms with E-state index in [2.05, 4.69) is 38.8 Å². The van der Waals surface area contributed by atoms with Gasteiger partial charge >= 0.3 is 0 Å². The molecule has 0 spiro atoms. The number of carbonyl (C=O) groups is 2. The van der Waals surface area contributed by atoms with Crippen molar-refractivity contribution in [3.63, 3.8) is 0 Å². The number of hydrogen-bond donors (Lipinski definition) is 0. The highest BCUT2D eigenvalue weighted by Crippen LogP contribution is 2.48. The van der Waals surface area contributed by atoms with Gasteiger partial charge in [0, 0.05) is 21.6 Å². The molecule has 1 saturated heterocycles. The highest BCUT2D eigenvalue weighted by atomic mass is 79.9. The molecule has 0 bridgehead atoms. The highest BCUT2D eigenvalue weighted by Gasteiger charge is 2.43. The Labute approximate surface area is 231 Å². The predicted octanol–water partition coefficient (Wildman–Crippen LogP) is 7.60. The first kappa shape index (κ1) is 25.0. The molecule has 3 aromatic rings. The number of amidine groups is 1. The molecule has 36 heavy (non-hydrogen) atoms. The third-order valence-electron chi connectivity index (χ3n) is 6.62. The van der Waals surface area contributed by atoms with Crippen LogP contribution in [0.1, 0.15) is 27.8 Å². The minimum atomic E-state index is -0.258. The topological polar surface area (TPSA) is 53.0 Å². The number of anilines is 2. The van der Waals surface area contributed by atoms with E-state index in [-0.39, 0.29) is 11.8 Å². The number of fused-ring (bicyclic) bond motifs is 1. The van der Waals surface area contributed by atoms with Crippen LogP contribution in [0, 0.1) is 27.7 Å². The van der Waals surface area contributed by atoms with Crippen molar-refractivity contribution in [2.75, 3.05) is 16.8 Å². The lowest BCUT2D eigenvalue weighted by molar-refractivity contribution is -0.115. The van der Waals surface area contributed by atoms with E-state index in [1.54, 1.807) is 16.8 Å². The molecule has 182 valence electrons. The van der Waals surface area contributed by atoms with Crippen LogP contribution in [-0.2, 0) is 9.59 Å². The van der Waals surface area contributed by atoms with E-state index in [1.807, 2.05) is 69.3 Å². The Balaban J connectivity index is 1.73. The number of amides is 2. The standard InChI is InChI=1S/C28H23Br2N3O2S/c1-14-6-8-19(10-16(14)3)31-28-33(20-9-7-15(2)17(4)11-20)27(35)25(36-28)23-21-12-18(29)13-22(30)24(21)32(5)26(23)34/h6-13H,1-5H3/b25-23+,31-28?. The van der Waals surface area contributed by atoms with E-state index in [9.17, 15) is 9.59 Å². The molecule has 0 atom stereocenters. The average Bonchev–Trinajstić information content (AvgIpc) is 3.25. The number of benzene rings is 3. The molecule has 5 nitrogen and oxygen atoms in total. The molecule has 2 aliphatic rings. The second-order valence-electron chi connectivity index (χ2n) is 9.03. The summed E-state index contributed by atoms with van der Waals surface area (Å²) in [6, 6.07) is 15.7. The molecule has 0 saturated carbocycles. The van der Waals surface area contributed by atoms with Gasteiger partial charge in [-0.15, -0.1) is 0 Å². The summed E-state index contributed by atoms with van der Waals surface area (Å²) in [6.45, 7) is 8.16. The molecule has 0 radical (unpaired) electrons. The van der Waals surface area contributed by atoms with Gasteiger partial charge < -0.3 is 4.90 Å². The number of halogens is 2. The summed E-state index contributed by atoms with van der Waals surface area (Å²) in [7, 11) is 1.72. The van der Waals surface area contributed by atoms with Gasteiger partial charge in [0.15, 0.2) is 5.17 Å². The van der Waals surface area contributed by atoms with Gasteiger partial charge in [-0.2, -0.15) is 0 Å². The minimum absolute atomic E-state index is 0.216. The molecular weight excluding hydrogens is 602 g/mol. The average molecular weight is 625 g/mol. The van der Waals surface area contributed by atoms with E-state index in [4.69, 9.17) is 4.99 Å². The number of nitrogens with zero attached hydrogens (tertiary/aromatic N) is 3. The maximum Gasteiger partial charge on any atom is 0.272 e. The molecule has 0 unspecified atom stereocenters. The van der Waals surface area contributed by atoms with Gasteiger partial charge in [-0.25, -0.2) is 4.99 Å². The second-order valence-corrected chi connectivity index (χ2v) is 11.8. The lowest BCUT2D eigenvalue weighted by atomic mass is 10.1. The van der Waals surface area contributed by atoms with Crippen molar-refractivity contribution in [1.82, 2.24) is 0 Å². The molecule has 8 heteroatoms. The van der Waals surface area contributed by atoms with Crippen LogP contribution in [0.2, 0.25) is 0 Å². The van der Waals surface area contributed by atoms with Gasteiger partial charge in [0.05, 0.1) is 27.5 Å². The second kappa shape index (κ2) is 9.32. The Morgan fingerprint density at radius 2 is 1.47 bits per heavy atom. The smallest absolute Gasteiger partial charge is 0.272 e. The summed E-state index contributed by atoms with van der Waals surface area (Å²) in [6.07, 6.45) is 0. The molecule has 3 aromatic carbocycles. The maximum atomic E-state index is 14.0. The number of carbonyl (C=O) groups excluding carboxylic acids is 2. The highest BCUT2D eigenvalue weighted by molar-refractivity contribution is 9.11. The van der Waals surface area contributed by atoms with Crippen LogP contribution in [0.3, 0.4) is 0 Å². The van der Waals surface area contributed by atoms with Gasteiger partial charge in [-0.05, 0) is 114 Å². The first-order valence-corrected chi connectivity index (χ1v) is 13.7. The molecule has 0 aliphatic carbocycles.